The molecule has 8 nitrogen and oxygen atoms in total. The van der Waals surface area contributed by atoms with E-state index < -0.39 is 10.0 Å². The van der Waals surface area contributed by atoms with Crippen LogP contribution in [0.4, 0.5) is 5.69 Å². The number of hydrogen-bond acceptors (Lipinski definition) is 5. The van der Waals surface area contributed by atoms with Crippen LogP contribution in [-0.4, -0.2) is 46.3 Å². The van der Waals surface area contributed by atoms with Crippen LogP contribution in [0, 0.1) is 0 Å². The van der Waals surface area contributed by atoms with Crippen molar-refractivity contribution < 1.29 is 13.2 Å². The lowest BCUT2D eigenvalue weighted by atomic mass is 10.2. The predicted molar refractivity (Wildman–Crippen MR) is 107 cm³/mol. The van der Waals surface area contributed by atoms with E-state index in [-0.39, 0.29) is 16.8 Å². The molecule has 2 aliphatic heterocycles. The van der Waals surface area contributed by atoms with Gasteiger partial charge < -0.3 is 4.90 Å². The lowest BCUT2D eigenvalue weighted by molar-refractivity contribution is -0.117. The molecule has 9 heteroatoms. The molecular formula is C20H21N5O3S. The highest BCUT2D eigenvalue weighted by atomic mass is 32.2. The van der Waals surface area contributed by atoms with Gasteiger partial charge in [-0.1, -0.05) is 6.07 Å². The summed E-state index contributed by atoms with van der Waals surface area (Å²) >= 11 is 0. The number of benzene rings is 1. The number of sulfonamides is 1. The van der Waals surface area contributed by atoms with E-state index in [1.165, 1.54) is 4.31 Å². The Morgan fingerprint density at radius 1 is 0.966 bits per heavy atom. The maximum Gasteiger partial charge on any atom is 0.243 e. The van der Waals surface area contributed by atoms with Gasteiger partial charge in [0.1, 0.15) is 0 Å². The lowest BCUT2D eigenvalue weighted by Gasteiger charge is -2.23. The molecule has 2 fully saturated rings. The minimum absolute atomic E-state index is 0.0823. The Kier molecular flexibility index (Phi) is 4.36. The molecule has 2 aromatic heterocycles. The van der Waals surface area contributed by atoms with Crippen LogP contribution < -0.4 is 4.90 Å². The molecule has 0 spiro atoms. The second kappa shape index (κ2) is 6.93. The topological polar surface area (TPSA) is 87.9 Å². The van der Waals surface area contributed by atoms with Crippen molar-refractivity contribution in [1.29, 1.82) is 0 Å². The van der Waals surface area contributed by atoms with Crippen molar-refractivity contribution in [2.45, 2.75) is 36.6 Å². The summed E-state index contributed by atoms with van der Waals surface area (Å²) in [5.74, 6) is 0.722. The first-order chi connectivity index (χ1) is 14.1. The number of nitrogens with zero attached hydrogens (tertiary/aromatic N) is 5. The number of hydrogen-bond donors (Lipinski definition) is 0. The Morgan fingerprint density at radius 3 is 2.55 bits per heavy atom. The summed E-state index contributed by atoms with van der Waals surface area (Å²) in [6.07, 6.45) is 4.71. The molecule has 150 valence electrons. The standard InChI is InChI=1S/C20H21N5O3S/c26-19-7-4-13-23(19)15-8-10-16(11-9-15)29(27,28)25-14-3-5-17(25)20-22-21-18-6-1-2-12-24(18)20/h1-2,6,8-12,17H,3-5,7,13-14H2. The fourth-order valence-electron chi connectivity index (χ4n) is 4.23. The Bertz CT molecular complexity index is 1170. The number of aromatic nitrogens is 3. The molecule has 1 aromatic carbocycles. The smallest absolute Gasteiger partial charge is 0.243 e. The van der Waals surface area contributed by atoms with E-state index in [2.05, 4.69) is 10.2 Å². The summed E-state index contributed by atoms with van der Waals surface area (Å²) in [4.78, 5) is 13.9. The number of pyridine rings is 1. The lowest BCUT2D eigenvalue weighted by Crippen LogP contribution is -2.31. The summed E-state index contributed by atoms with van der Waals surface area (Å²) in [5, 5.41) is 8.44. The van der Waals surface area contributed by atoms with Gasteiger partial charge in [-0.05, 0) is 55.7 Å². The van der Waals surface area contributed by atoms with Gasteiger partial charge in [-0.2, -0.15) is 4.31 Å². The highest BCUT2D eigenvalue weighted by Crippen LogP contribution is 2.36. The average Bonchev–Trinajstić information content (AvgIpc) is 3.47. The fraction of sp³-hybridized carbons (Fsp3) is 0.350. The normalized spacial score (nSPS) is 20.8. The van der Waals surface area contributed by atoms with Crippen molar-refractivity contribution in [3.05, 3.63) is 54.5 Å². The molecule has 1 amide bonds. The van der Waals surface area contributed by atoms with Gasteiger partial charge in [-0.3, -0.25) is 9.20 Å². The Balaban J connectivity index is 1.46. The van der Waals surface area contributed by atoms with Gasteiger partial charge in [0, 0.05) is 31.4 Å². The fourth-order valence-corrected chi connectivity index (χ4v) is 5.88. The van der Waals surface area contributed by atoms with Gasteiger partial charge in [0.05, 0.1) is 10.9 Å². The van der Waals surface area contributed by atoms with Crippen LogP contribution in [0.1, 0.15) is 37.5 Å². The number of amides is 1. The van der Waals surface area contributed by atoms with E-state index >= 15 is 0 Å². The van der Waals surface area contributed by atoms with Crippen LogP contribution in [0.15, 0.2) is 53.6 Å². The second-order valence-electron chi connectivity index (χ2n) is 7.40. The zero-order chi connectivity index (χ0) is 20.0. The molecule has 1 unspecified atom stereocenters. The summed E-state index contributed by atoms with van der Waals surface area (Å²) in [7, 11) is -3.69. The van der Waals surface area contributed by atoms with E-state index in [4.69, 9.17) is 0 Å². The number of anilines is 1. The van der Waals surface area contributed by atoms with Gasteiger partial charge in [0.25, 0.3) is 0 Å². The van der Waals surface area contributed by atoms with Crippen LogP contribution in [0.2, 0.25) is 0 Å². The van der Waals surface area contributed by atoms with Gasteiger partial charge in [0.2, 0.25) is 15.9 Å². The summed E-state index contributed by atoms with van der Waals surface area (Å²) in [5.41, 5.74) is 1.44. The second-order valence-corrected chi connectivity index (χ2v) is 9.29. The predicted octanol–water partition coefficient (Wildman–Crippen LogP) is 2.38. The van der Waals surface area contributed by atoms with Crippen molar-refractivity contribution in [3.63, 3.8) is 0 Å². The zero-order valence-corrected chi connectivity index (χ0v) is 16.6. The third-order valence-electron chi connectivity index (χ3n) is 5.67. The molecule has 0 saturated carbocycles. The molecule has 0 bridgehead atoms. The molecule has 2 saturated heterocycles. The van der Waals surface area contributed by atoms with E-state index in [1.54, 1.807) is 29.2 Å². The zero-order valence-electron chi connectivity index (χ0n) is 15.8. The third kappa shape index (κ3) is 3.01. The molecular weight excluding hydrogens is 390 g/mol. The van der Waals surface area contributed by atoms with Crippen molar-refractivity contribution >= 4 is 27.3 Å². The average molecular weight is 411 g/mol. The molecule has 3 aromatic rings. The monoisotopic (exact) mass is 411 g/mol. The van der Waals surface area contributed by atoms with E-state index in [0.29, 0.717) is 37.4 Å². The Morgan fingerprint density at radius 2 is 1.79 bits per heavy atom. The molecule has 29 heavy (non-hydrogen) atoms. The minimum atomic E-state index is -3.69. The van der Waals surface area contributed by atoms with Crippen LogP contribution in [0.5, 0.6) is 0 Å². The van der Waals surface area contributed by atoms with Crippen LogP contribution in [-0.2, 0) is 14.8 Å². The quantitative estimate of drug-likeness (QED) is 0.658. The molecule has 1 atom stereocenters. The highest BCUT2D eigenvalue weighted by Gasteiger charge is 2.38. The minimum Gasteiger partial charge on any atom is -0.312 e. The van der Waals surface area contributed by atoms with Crippen molar-refractivity contribution in [3.8, 4) is 0 Å². The molecule has 0 N–H and O–H groups in total. The van der Waals surface area contributed by atoms with Crippen LogP contribution in [0.3, 0.4) is 0 Å². The van der Waals surface area contributed by atoms with E-state index in [1.807, 2.05) is 28.8 Å². The van der Waals surface area contributed by atoms with Gasteiger partial charge >= 0.3 is 0 Å². The summed E-state index contributed by atoms with van der Waals surface area (Å²) in [6.45, 7) is 1.13. The summed E-state index contributed by atoms with van der Waals surface area (Å²) < 4.78 is 30.1. The maximum absolute atomic E-state index is 13.4. The molecule has 5 rings (SSSR count). The van der Waals surface area contributed by atoms with E-state index in [9.17, 15) is 13.2 Å². The highest BCUT2D eigenvalue weighted by molar-refractivity contribution is 7.89. The Hall–Kier alpha value is -2.78. The van der Waals surface area contributed by atoms with Crippen molar-refractivity contribution in [2.75, 3.05) is 18.0 Å². The maximum atomic E-state index is 13.4. The summed E-state index contributed by atoms with van der Waals surface area (Å²) in [6, 6.07) is 11.9. The van der Waals surface area contributed by atoms with Gasteiger partial charge in [-0.25, -0.2) is 8.42 Å². The Labute approximate surface area is 168 Å². The van der Waals surface area contributed by atoms with Crippen molar-refractivity contribution in [2.24, 2.45) is 0 Å². The van der Waals surface area contributed by atoms with Crippen LogP contribution in [0.25, 0.3) is 5.65 Å². The molecule has 2 aliphatic rings. The van der Waals surface area contributed by atoms with Crippen molar-refractivity contribution in [1.82, 2.24) is 18.9 Å². The molecule has 0 aliphatic carbocycles. The van der Waals surface area contributed by atoms with Crippen LogP contribution >= 0.6 is 0 Å². The number of fused-ring (bicyclic) bond motifs is 1. The number of carbonyl (C=O) groups excluding carboxylic acids is 1. The van der Waals surface area contributed by atoms with Gasteiger partial charge in [0.15, 0.2) is 11.5 Å². The first-order valence-corrected chi connectivity index (χ1v) is 11.2. The third-order valence-corrected chi connectivity index (χ3v) is 7.59. The molecule has 4 heterocycles. The van der Waals surface area contributed by atoms with Gasteiger partial charge in [-0.15, -0.1) is 10.2 Å². The number of carbonyl (C=O) groups is 1. The molecule has 0 radical (unpaired) electrons. The number of rotatable bonds is 4. The largest absolute Gasteiger partial charge is 0.312 e. The first kappa shape index (κ1) is 18.3. The SMILES string of the molecule is O=C1CCCN1c1ccc(S(=O)(=O)N2CCCC2c2nnc3ccccn23)cc1. The van der Waals surface area contributed by atoms with E-state index in [0.717, 1.165) is 18.5 Å². The first-order valence-electron chi connectivity index (χ1n) is 9.78.